The number of carbonyl (C=O) groups excluding carboxylic acids is 1. The van der Waals surface area contributed by atoms with Crippen LogP contribution in [0.25, 0.3) is 0 Å². The Bertz CT molecular complexity index is 977. The van der Waals surface area contributed by atoms with E-state index in [1.54, 1.807) is 0 Å². The van der Waals surface area contributed by atoms with Crippen molar-refractivity contribution in [3.63, 3.8) is 0 Å². The Kier molecular flexibility index (Phi) is 7.63. The molecule has 212 valence electrons. The smallest absolute Gasteiger partial charge is 0.303 e. The number of hydrogen-bond donors (Lipinski definition) is 2. The highest BCUT2D eigenvalue weighted by Gasteiger charge is 2.65. The summed E-state index contributed by atoms with van der Waals surface area (Å²) < 4.78 is 17.5. The number of hydrogen-bond acceptors (Lipinski definition) is 3. The van der Waals surface area contributed by atoms with E-state index in [9.17, 15) is 19.1 Å². The summed E-state index contributed by atoms with van der Waals surface area (Å²) >= 11 is 0. The van der Waals surface area contributed by atoms with E-state index in [1.165, 1.54) is 5.57 Å². The molecule has 6 heteroatoms. The Balaban J connectivity index is 1.66. The van der Waals surface area contributed by atoms with Crippen LogP contribution in [0.3, 0.4) is 0 Å². The van der Waals surface area contributed by atoms with Crippen molar-refractivity contribution in [2.45, 2.75) is 120 Å². The number of rotatable bonds is 6. The lowest BCUT2D eigenvalue weighted by Crippen LogP contribution is -2.56. The van der Waals surface area contributed by atoms with Crippen molar-refractivity contribution in [1.82, 2.24) is 0 Å². The third kappa shape index (κ3) is 5.09. The topological polar surface area (TPSA) is 83.8 Å². The molecular formula is C31H53O5P. The van der Waals surface area contributed by atoms with Gasteiger partial charge in [-0.05, 0) is 109 Å². The van der Waals surface area contributed by atoms with Crippen molar-refractivity contribution in [3.8, 4) is 0 Å². The van der Waals surface area contributed by atoms with Gasteiger partial charge in [0.05, 0.1) is 6.10 Å². The zero-order valence-corrected chi connectivity index (χ0v) is 25.7. The van der Waals surface area contributed by atoms with E-state index in [2.05, 4.69) is 68.4 Å². The molecule has 0 heterocycles. The zero-order valence-electron chi connectivity index (χ0n) is 24.8. The standard InChI is InChI=1S/C31H53O5P/c1-19-16-25-26(32)17-24-23(29(25,7)18-20(19)2)11-15-30(8)22(10-14-31(24,30)9)21(3)27(36-37(33,34)35)12-13-28(4,5)6/h17,19-23,25,27H,10-16,18H2,1-9H3,(H2,33,34,35)/t19-,20+,21+,22-,23?,25+,27-,29-,30-,31+/m1/s1. The Morgan fingerprint density at radius 3 is 2.32 bits per heavy atom. The molecule has 0 spiro atoms. The number of ketones is 1. The quantitative estimate of drug-likeness (QED) is 0.337. The maximum Gasteiger partial charge on any atom is 0.469 e. The van der Waals surface area contributed by atoms with Gasteiger partial charge in [-0.25, -0.2) is 4.57 Å². The first-order chi connectivity index (χ1) is 16.8. The molecule has 10 atom stereocenters. The van der Waals surface area contributed by atoms with Crippen LogP contribution in [-0.4, -0.2) is 21.7 Å². The van der Waals surface area contributed by atoms with Gasteiger partial charge in [-0.15, -0.1) is 0 Å². The Morgan fingerprint density at radius 1 is 1.08 bits per heavy atom. The highest BCUT2D eigenvalue weighted by Crippen LogP contribution is 2.72. The van der Waals surface area contributed by atoms with Gasteiger partial charge in [0.1, 0.15) is 0 Å². The number of phosphoric acid groups is 1. The van der Waals surface area contributed by atoms with E-state index in [4.69, 9.17) is 4.52 Å². The monoisotopic (exact) mass is 536 g/mol. The van der Waals surface area contributed by atoms with Gasteiger partial charge >= 0.3 is 7.82 Å². The third-order valence-electron chi connectivity index (χ3n) is 12.2. The maximum atomic E-state index is 13.7. The fourth-order valence-electron chi connectivity index (χ4n) is 9.58. The van der Waals surface area contributed by atoms with Gasteiger partial charge in [-0.2, -0.15) is 0 Å². The first-order valence-corrected chi connectivity index (χ1v) is 16.4. The maximum absolute atomic E-state index is 13.7. The van der Waals surface area contributed by atoms with E-state index < -0.39 is 13.9 Å². The van der Waals surface area contributed by atoms with Crippen LogP contribution < -0.4 is 0 Å². The van der Waals surface area contributed by atoms with Crippen molar-refractivity contribution < 1.29 is 23.7 Å². The van der Waals surface area contributed by atoms with Crippen LogP contribution in [0.15, 0.2) is 11.6 Å². The largest absolute Gasteiger partial charge is 0.469 e. The van der Waals surface area contributed by atoms with Gasteiger partial charge in [0.25, 0.3) is 0 Å². The summed E-state index contributed by atoms with van der Waals surface area (Å²) in [4.78, 5) is 33.2. The molecule has 0 aromatic rings. The second-order valence-corrected chi connectivity index (χ2v) is 16.7. The fraction of sp³-hybridized carbons (Fsp3) is 0.903. The van der Waals surface area contributed by atoms with Gasteiger partial charge in [0.15, 0.2) is 5.78 Å². The SMILES string of the molecule is C[C@@H]([C@H]1CC[C@@]2(C)C3=CC(=O)[C@@H]4C[C@@H](C)[C@@H](C)C[C@]4(C)C3CC[C@]12C)[C@@H](CCC(C)(C)C)OP(=O)(O)O. The molecule has 5 nitrogen and oxygen atoms in total. The lowest BCUT2D eigenvalue weighted by Gasteiger charge is -2.61. The van der Waals surface area contributed by atoms with Gasteiger partial charge in [0.2, 0.25) is 0 Å². The molecule has 0 aromatic heterocycles. The second kappa shape index (κ2) is 9.57. The van der Waals surface area contributed by atoms with E-state index in [0.29, 0.717) is 35.9 Å². The molecule has 3 fully saturated rings. The summed E-state index contributed by atoms with van der Waals surface area (Å²) in [6, 6.07) is 0. The lowest BCUT2D eigenvalue weighted by atomic mass is 9.42. The molecular weight excluding hydrogens is 483 g/mol. The predicted molar refractivity (Wildman–Crippen MR) is 149 cm³/mol. The molecule has 4 rings (SSSR count). The van der Waals surface area contributed by atoms with E-state index in [0.717, 1.165) is 44.9 Å². The van der Waals surface area contributed by atoms with Crippen LogP contribution in [0, 0.1) is 57.2 Å². The Hall–Kier alpha value is -0.480. The second-order valence-electron chi connectivity index (χ2n) is 15.5. The molecule has 4 aliphatic rings. The normalized spacial score (nSPS) is 43.9. The number of fused-ring (bicyclic) bond motifs is 5. The van der Waals surface area contributed by atoms with Gasteiger partial charge in [-0.3, -0.25) is 9.32 Å². The average Bonchev–Trinajstić information content (AvgIpc) is 3.03. The van der Waals surface area contributed by atoms with Crippen LogP contribution in [-0.2, 0) is 13.9 Å². The van der Waals surface area contributed by atoms with Crippen LogP contribution in [0.5, 0.6) is 0 Å². The van der Waals surface area contributed by atoms with Crippen LogP contribution >= 0.6 is 7.82 Å². The van der Waals surface area contributed by atoms with Crippen molar-refractivity contribution in [3.05, 3.63) is 11.6 Å². The first-order valence-electron chi connectivity index (χ1n) is 14.8. The van der Waals surface area contributed by atoms with E-state index in [1.807, 2.05) is 0 Å². The summed E-state index contributed by atoms with van der Waals surface area (Å²) in [6.45, 7) is 20.5. The molecule has 4 aliphatic carbocycles. The van der Waals surface area contributed by atoms with Crippen LogP contribution in [0.2, 0.25) is 0 Å². The highest BCUT2D eigenvalue weighted by molar-refractivity contribution is 7.46. The minimum absolute atomic E-state index is 0.0238. The first kappa shape index (κ1) is 29.5. The zero-order chi connectivity index (χ0) is 27.8. The molecule has 0 bridgehead atoms. The van der Waals surface area contributed by atoms with Crippen molar-refractivity contribution in [2.24, 2.45) is 57.2 Å². The summed E-state index contributed by atoms with van der Waals surface area (Å²) in [5.41, 5.74) is 1.41. The van der Waals surface area contributed by atoms with Gasteiger partial charge in [-0.1, -0.05) is 67.9 Å². The molecule has 0 aliphatic heterocycles. The lowest BCUT2D eigenvalue weighted by molar-refractivity contribution is -0.134. The van der Waals surface area contributed by atoms with Crippen molar-refractivity contribution in [2.75, 3.05) is 0 Å². The Morgan fingerprint density at radius 2 is 1.73 bits per heavy atom. The fourth-order valence-corrected chi connectivity index (χ4v) is 10.2. The number of phosphoric ester groups is 1. The molecule has 0 saturated heterocycles. The predicted octanol–water partition coefficient (Wildman–Crippen LogP) is 7.96. The van der Waals surface area contributed by atoms with Crippen molar-refractivity contribution in [1.29, 1.82) is 0 Å². The van der Waals surface area contributed by atoms with E-state index >= 15 is 0 Å². The molecule has 37 heavy (non-hydrogen) atoms. The molecule has 2 N–H and O–H groups in total. The number of allylic oxidation sites excluding steroid dienone is 2. The molecule has 3 saturated carbocycles. The highest BCUT2D eigenvalue weighted by atomic mass is 31.2. The summed E-state index contributed by atoms with van der Waals surface area (Å²) in [7, 11) is -4.60. The minimum Gasteiger partial charge on any atom is -0.303 e. The third-order valence-corrected chi connectivity index (χ3v) is 12.8. The summed E-state index contributed by atoms with van der Waals surface area (Å²) in [5, 5.41) is 0. The summed E-state index contributed by atoms with van der Waals surface area (Å²) in [6.07, 6.45) is 9.47. The van der Waals surface area contributed by atoms with Gasteiger partial charge in [0, 0.05) is 5.92 Å². The van der Waals surface area contributed by atoms with Gasteiger partial charge < -0.3 is 9.79 Å². The molecule has 0 amide bonds. The minimum atomic E-state index is -4.60. The van der Waals surface area contributed by atoms with Crippen LogP contribution in [0.1, 0.15) is 114 Å². The van der Waals surface area contributed by atoms with Crippen LogP contribution in [0.4, 0.5) is 0 Å². The number of carbonyl (C=O) groups is 1. The van der Waals surface area contributed by atoms with Crippen molar-refractivity contribution >= 4 is 13.6 Å². The van der Waals surface area contributed by atoms with E-state index in [-0.39, 0.29) is 33.5 Å². The Labute approximate surface area is 225 Å². The molecule has 0 radical (unpaired) electrons. The molecule has 1 unspecified atom stereocenters. The average molecular weight is 537 g/mol. The summed E-state index contributed by atoms with van der Waals surface area (Å²) in [5.74, 6) is 2.51. The molecule has 0 aromatic carbocycles.